The van der Waals surface area contributed by atoms with Crippen LogP contribution in [0.4, 0.5) is 0 Å². The number of carbonyl (C=O) groups excluding carboxylic acids is 6. The normalized spacial score (nSPS) is 21.6. The SMILES string of the molecule is CCCCCCCCCCCC(=O)N[C@H]1CC(=O)[O][Sn]2([O]C(=O)C[C@@H](NC(=O)CCCCCCCCCCC)C(=O)[O]2)[O]C1=O. The maximum absolute atomic E-state index is 12.9. The molecule has 0 aromatic rings. The molecule has 12 nitrogen and oxygen atoms in total. The molecule has 0 aromatic carbocycles. The van der Waals surface area contributed by atoms with Crippen LogP contribution >= 0.6 is 0 Å². The Morgan fingerprint density at radius 2 is 0.844 bits per heavy atom. The Bertz CT molecular complexity index is 900. The van der Waals surface area contributed by atoms with E-state index in [-0.39, 0.29) is 12.8 Å². The van der Waals surface area contributed by atoms with E-state index < -0.39 is 80.7 Å². The summed E-state index contributed by atoms with van der Waals surface area (Å²) < 4.78 is 20.8. The van der Waals surface area contributed by atoms with Crippen LogP contribution in [0.3, 0.4) is 0 Å². The molecule has 0 aliphatic carbocycles. The van der Waals surface area contributed by atoms with Crippen LogP contribution in [0, 0.1) is 0 Å². The first kappa shape index (κ1) is 38.8. The summed E-state index contributed by atoms with van der Waals surface area (Å²) >= 11 is -5.86. The Kier molecular flexibility index (Phi) is 19.1. The topological polar surface area (TPSA) is 163 Å². The van der Waals surface area contributed by atoms with Gasteiger partial charge in [0.2, 0.25) is 0 Å². The Morgan fingerprint density at radius 3 is 1.18 bits per heavy atom. The summed E-state index contributed by atoms with van der Waals surface area (Å²) in [6, 6.07) is -2.74. The molecule has 0 saturated carbocycles. The number of hydrogen-bond acceptors (Lipinski definition) is 10. The molecule has 256 valence electrons. The van der Waals surface area contributed by atoms with Gasteiger partial charge in [-0.25, -0.2) is 0 Å². The fourth-order valence-corrected chi connectivity index (χ4v) is 10.3. The molecule has 13 heteroatoms. The third kappa shape index (κ3) is 16.1. The fourth-order valence-electron chi connectivity index (χ4n) is 5.32. The van der Waals surface area contributed by atoms with Crippen LogP contribution in [0.5, 0.6) is 0 Å². The molecule has 1 spiro atoms. The number of amides is 2. The molecule has 2 fully saturated rings. The molecule has 2 rings (SSSR count). The van der Waals surface area contributed by atoms with Gasteiger partial charge >= 0.3 is 222 Å². The van der Waals surface area contributed by atoms with Crippen molar-refractivity contribution in [3.63, 3.8) is 0 Å². The van der Waals surface area contributed by atoms with Gasteiger partial charge in [-0.05, 0) is 0 Å². The van der Waals surface area contributed by atoms with Gasteiger partial charge < -0.3 is 0 Å². The average Bonchev–Trinajstić information content (AvgIpc) is 3.16. The van der Waals surface area contributed by atoms with E-state index in [1.54, 1.807) is 0 Å². The van der Waals surface area contributed by atoms with E-state index in [9.17, 15) is 28.8 Å². The van der Waals surface area contributed by atoms with Crippen molar-refractivity contribution in [2.24, 2.45) is 0 Å². The zero-order valence-corrected chi connectivity index (χ0v) is 30.1. The van der Waals surface area contributed by atoms with Crippen LogP contribution < -0.4 is 10.6 Å². The molecular formula is C32H54N2O10Sn. The number of hydrogen-bond donors (Lipinski definition) is 2. The molecule has 2 saturated heterocycles. The maximum atomic E-state index is 12.9. The molecule has 2 aliphatic rings. The van der Waals surface area contributed by atoms with Gasteiger partial charge in [0.1, 0.15) is 0 Å². The minimum absolute atomic E-state index is 0.174. The summed E-state index contributed by atoms with van der Waals surface area (Å²) in [5, 5.41) is 4.97. The van der Waals surface area contributed by atoms with E-state index in [1.807, 2.05) is 0 Å². The molecule has 2 heterocycles. The van der Waals surface area contributed by atoms with E-state index >= 15 is 0 Å². The van der Waals surface area contributed by atoms with Crippen LogP contribution in [0.15, 0.2) is 0 Å². The second-order valence-electron chi connectivity index (χ2n) is 12.1. The Morgan fingerprint density at radius 1 is 0.533 bits per heavy atom. The Labute approximate surface area is 273 Å². The van der Waals surface area contributed by atoms with Crippen LogP contribution in [0.2, 0.25) is 0 Å². The molecule has 2 aliphatic heterocycles. The Hall–Kier alpha value is -2.38. The van der Waals surface area contributed by atoms with Crippen molar-refractivity contribution < 1.29 is 41.1 Å². The predicted octanol–water partition coefficient (Wildman–Crippen LogP) is 5.21. The number of unbranched alkanes of at least 4 members (excludes halogenated alkanes) is 16. The van der Waals surface area contributed by atoms with Gasteiger partial charge in [0.25, 0.3) is 0 Å². The summed E-state index contributed by atoms with van der Waals surface area (Å²) in [4.78, 5) is 75.8. The second-order valence-corrected chi connectivity index (χ2v) is 17.3. The molecule has 45 heavy (non-hydrogen) atoms. The predicted molar refractivity (Wildman–Crippen MR) is 167 cm³/mol. The molecular weight excluding hydrogens is 691 g/mol. The van der Waals surface area contributed by atoms with Gasteiger partial charge in [-0.15, -0.1) is 0 Å². The number of rotatable bonds is 22. The summed E-state index contributed by atoms with van der Waals surface area (Å²) in [7, 11) is 0. The molecule has 0 bridgehead atoms. The van der Waals surface area contributed by atoms with Crippen molar-refractivity contribution in [3.8, 4) is 0 Å². The van der Waals surface area contributed by atoms with Gasteiger partial charge in [-0.3, -0.25) is 0 Å². The van der Waals surface area contributed by atoms with Crippen molar-refractivity contribution in [2.45, 2.75) is 167 Å². The second kappa shape index (κ2) is 22.2. The van der Waals surface area contributed by atoms with Crippen molar-refractivity contribution in [2.75, 3.05) is 0 Å². The summed E-state index contributed by atoms with van der Waals surface area (Å²) in [6.07, 6.45) is 18.7. The zero-order chi connectivity index (χ0) is 32.9. The van der Waals surface area contributed by atoms with E-state index in [4.69, 9.17) is 12.3 Å². The third-order valence-corrected chi connectivity index (χ3v) is 13.2. The molecule has 2 amide bonds. The Balaban J connectivity index is 1.77. The van der Waals surface area contributed by atoms with E-state index in [1.165, 1.54) is 64.2 Å². The van der Waals surface area contributed by atoms with Crippen molar-refractivity contribution >= 4 is 55.7 Å². The molecule has 0 aromatic heterocycles. The third-order valence-electron chi connectivity index (χ3n) is 7.92. The van der Waals surface area contributed by atoms with Gasteiger partial charge in [0.15, 0.2) is 0 Å². The summed E-state index contributed by atoms with van der Waals surface area (Å²) in [6.45, 7) is 4.36. The van der Waals surface area contributed by atoms with Crippen molar-refractivity contribution in [3.05, 3.63) is 0 Å². The molecule has 3 atom stereocenters. The standard InChI is InChI=1S/2C16H29NO5.Sn/c2*1-2-3-4-5-6-7-8-9-10-11-14(18)17-13(16(21)22)12-15(19)20;/h2*13H,2-12H2,1H3,(H,17,18)(H,19,20)(H,21,22);/q;;+4/p-4/t2*13-;/m10./s1. The van der Waals surface area contributed by atoms with Crippen molar-refractivity contribution in [1.82, 2.24) is 10.6 Å². The van der Waals surface area contributed by atoms with Crippen LogP contribution in [-0.2, 0) is 41.1 Å². The molecule has 1 unspecified atom stereocenters. The number of nitrogens with one attached hydrogen (secondary N) is 2. The van der Waals surface area contributed by atoms with E-state index in [0.29, 0.717) is 12.8 Å². The monoisotopic (exact) mass is 746 g/mol. The molecule has 2 N–H and O–H groups in total. The minimum atomic E-state index is -5.86. The summed E-state index contributed by atoms with van der Waals surface area (Å²) in [5.74, 6) is -5.01. The van der Waals surface area contributed by atoms with Gasteiger partial charge in [0, 0.05) is 0 Å². The van der Waals surface area contributed by atoms with Gasteiger partial charge in [-0.2, -0.15) is 0 Å². The number of carbonyl (C=O) groups is 6. The van der Waals surface area contributed by atoms with Gasteiger partial charge in [-0.1, -0.05) is 52.4 Å². The van der Waals surface area contributed by atoms with Gasteiger partial charge in [0.05, 0.1) is 0 Å². The summed E-state index contributed by atoms with van der Waals surface area (Å²) in [5.41, 5.74) is 0. The first-order valence-corrected chi connectivity index (χ1v) is 21.8. The van der Waals surface area contributed by atoms with E-state index in [2.05, 4.69) is 24.5 Å². The zero-order valence-electron chi connectivity index (χ0n) is 27.3. The first-order chi connectivity index (χ1) is 21.7. The fraction of sp³-hybridized carbons (Fsp3) is 0.812. The van der Waals surface area contributed by atoms with Crippen molar-refractivity contribution in [1.29, 1.82) is 0 Å². The molecule has 0 radical (unpaired) electrons. The first-order valence-electron chi connectivity index (χ1n) is 17.2. The van der Waals surface area contributed by atoms with Crippen LogP contribution in [-0.4, -0.2) is 67.8 Å². The van der Waals surface area contributed by atoms with Crippen LogP contribution in [0.25, 0.3) is 0 Å². The average molecular weight is 745 g/mol. The quantitative estimate of drug-likeness (QED) is 0.111. The van der Waals surface area contributed by atoms with Crippen LogP contribution in [0.1, 0.15) is 155 Å². The van der Waals surface area contributed by atoms with E-state index in [0.717, 1.165) is 38.5 Å².